The van der Waals surface area contributed by atoms with Crippen molar-refractivity contribution < 1.29 is 126 Å². The van der Waals surface area contributed by atoms with Crippen molar-refractivity contribution in [2.75, 3.05) is 6.61 Å². The maximum Gasteiger partial charge on any atom is 1.00 e. The number of epoxide rings is 2. The third kappa shape index (κ3) is 33.7. The van der Waals surface area contributed by atoms with Gasteiger partial charge in [0.1, 0.15) is 42.1 Å². The van der Waals surface area contributed by atoms with E-state index >= 15 is 0 Å². The number of ketones is 2. The minimum atomic E-state index is -5.24. The summed E-state index contributed by atoms with van der Waals surface area (Å²) in [5, 5.41) is 94.1. The SMILES string of the molecule is C=CCCC1OC1CC(=C)CCC1OC1CCCC/C=C/CC/C=C/CC(C)/C=C/CC(C)CCCCCCC(=O)CCCC(CC(O)CC(=O)CC(O)CCC(O)[C@@H]1CC(O)C(OS(=O)(=O)[O-])[C@@H](CC(C)O)O1)OC1O[C@H](CO)C(O)C(O)C1O.[Na+]. The molecule has 0 amide bonds. The van der Waals surface area contributed by atoms with Crippen LogP contribution in [-0.2, 0) is 47.9 Å². The Labute approximate surface area is 541 Å². The van der Waals surface area contributed by atoms with Crippen LogP contribution in [0, 0.1) is 11.8 Å². The summed E-state index contributed by atoms with van der Waals surface area (Å²) in [6.07, 6.45) is 16.5. The molecule has 4 aliphatic heterocycles. The van der Waals surface area contributed by atoms with Gasteiger partial charge in [0.05, 0.1) is 79.9 Å². The topological polar surface area (TPSA) is 335 Å². The largest absolute Gasteiger partial charge is 1.00 e. The van der Waals surface area contributed by atoms with E-state index in [4.69, 9.17) is 23.7 Å². The van der Waals surface area contributed by atoms with Crippen molar-refractivity contribution in [3.8, 4) is 0 Å². The van der Waals surface area contributed by atoms with E-state index in [1.165, 1.54) is 25.3 Å². The van der Waals surface area contributed by atoms with E-state index in [-0.39, 0.29) is 80.3 Å². The van der Waals surface area contributed by atoms with E-state index in [9.17, 15) is 68.5 Å². The Bertz CT molecular complexity index is 2140. The first kappa shape index (κ1) is 79.6. The Balaban J connectivity index is 0.0000198. The quantitative estimate of drug-likeness (QED) is 0.0102. The Hall–Kier alpha value is -1.65. The predicted octanol–water partition coefficient (Wildman–Crippen LogP) is 4.28. The third-order valence-electron chi connectivity index (χ3n) is 16.9. The molecule has 9 N–H and O–H groups in total. The molecule has 4 saturated heterocycles. The molecule has 20 nitrogen and oxygen atoms in total. The number of hydrogen-bond acceptors (Lipinski definition) is 20. The number of allylic oxidation sites excluding steroid dienone is 7. The third-order valence-corrected chi connectivity index (χ3v) is 17.3. The molecule has 22 heteroatoms. The molecular weight excluding hydrogens is 1160 g/mol. The number of unbranched alkanes of at least 4 members (excludes halogenated alkanes) is 6. The van der Waals surface area contributed by atoms with E-state index in [1.54, 1.807) is 0 Å². The van der Waals surface area contributed by atoms with Gasteiger partial charge in [0.25, 0.3) is 0 Å². The van der Waals surface area contributed by atoms with E-state index in [1.807, 2.05) is 6.08 Å². The van der Waals surface area contributed by atoms with E-state index < -0.39 is 121 Å². The summed E-state index contributed by atoms with van der Waals surface area (Å²) < 4.78 is 67.1. The molecule has 0 radical (unpaired) electrons. The minimum Gasteiger partial charge on any atom is -0.726 e. The zero-order valence-electron chi connectivity index (χ0n) is 52.6. The average Bonchev–Trinajstić information content (AvgIpc) is 2.81. The van der Waals surface area contributed by atoms with Gasteiger partial charge in [-0.05, 0) is 128 Å². The number of hydrogen-bond donors (Lipinski definition) is 9. The summed E-state index contributed by atoms with van der Waals surface area (Å²) in [5.41, 5.74) is 1.29. The van der Waals surface area contributed by atoms with Gasteiger partial charge in [0, 0.05) is 44.9 Å². The Kier molecular flexibility index (Phi) is 39.6. The zero-order chi connectivity index (χ0) is 63.2. The van der Waals surface area contributed by atoms with Crippen molar-refractivity contribution >= 4 is 22.0 Å². The molecule has 0 saturated carbocycles. The van der Waals surface area contributed by atoms with Crippen LogP contribution < -0.4 is 29.6 Å². The van der Waals surface area contributed by atoms with Gasteiger partial charge < -0.3 is 74.2 Å². The van der Waals surface area contributed by atoms with Crippen molar-refractivity contribution in [2.45, 2.75) is 317 Å². The van der Waals surface area contributed by atoms with Crippen LogP contribution >= 0.6 is 0 Å². The molecule has 496 valence electrons. The van der Waals surface area contributed by atoms with Gasteiger partial charge in [-0.15, -0.1) is 6.58 Å². The standard InChI is InChI=1S/C65H110O20S.Na/c1-6-7-30-55-58(82-55)36-45(4)32-35-56-54(81-56)31-20-14-12-10-8-9-11-13-17-23-43(2)25-21-26-44(3)24-18-15-16-19-27-47(68)28-22-29-51(80-65-63(76)62(75)61(74)60(42-66)84-65)40-50(71)39-49(70)38-48(69)33-34-52(72)57-41-53(73)64(85-86(77,78)79)59(83-57)37-46(5)67;/h6,8,10,13,17,21,25,43-44,46,48,50-67,69,71-76H,1,4,7,9,11-12,14-16,18-20,22-24,26-42H2,2-3,5H3,(H,77,78,79);/q;+1/p-1/b10-8+,17-13+,25-21+;/t43?,44?,46?,48?,50?,51?,52?,53?,54?,55?,56?,57-,58?,59+,60+,61?,62?,63?,64?,65?;/m0./s1. The first-order chi connectivity index (χ1) is 41.0. The van der Waals surface area contributed by atoms with Crippen molar-refractivity contribution in [1.29, 1.82) is 0 Å². The van der Waals surface area contributed by atoms with Crippen LogP contribution in [0.1, 0.15) is 207 Å². The molecule has 4 heterocycles. The Morgan fingerprint density at radius 3 is 2.03 bits per heavy atom. The molecule has 0 aliphatic carbocycles. The van der Waals surface area contributed by atoms with Gasteiger partial charge >= 0.3 is 29.6 Å². The van der Waals surface area contributed by atoms with E-state index in [2.05, 4.69) is 67.6 Å². The van der Waals surface area contributed by atoms with Crippen LogP contribution in [0.2, 0.25) is 0 Å². The van der Waals surface area contributed by atoms with E-state index in [0.29, 0.717) is 49.1 Å². The van der Waals surface area contributed by atoms with E-state index in [0.717, 1.165) is 103 Å². The molecular formula is C65H109NaO20S. The fourth-order valence-electron chi connectivity index (χ4n) is 11.6. The molecule has 0 aromatic heterocycles. The Morgan fingerprint density at radius 2 is 1.32 bits per heavy atom. The summed E-state index contributed by atoms with van der Waals surface area (Å²) in [5.74, 6) is 0.566. The van der Waals surface area contributed by atoms with Crippen molar-refractivity contribution in [2.24, 2.45) is 11.8 Å². The number of carbonyl (C=O) groups excluding carboxylic acids is 2. The van der Waals surface area contributed by atoms with Crippen LogP contribution in [0.3, 0.4) is 0 Å². The van der Waals surface area contributed by atoms with Gasteiger partial charge in [-0.1, -0.05) is 101 Å². The van der Waals surface area contributed by atoms with Gasteiger partial charge in [-0.25, -0.2) is 8.42 Å². The molecule has 0 aromatic carbocycles. The van der Waals surface area contributed by atoms with Gasteiger partial charge in [0.2, 0.25) is 10.4 Å². The number of rotatable bonds is 49. The molecule has 4 aliphatic rings. The van der Waals surface area contributed by atoms with Crippen molar-refractivity contribution in [3.63, 3.8) is 0 Å². The van der Waals surface area contributed by atoms with Crippen LogP contribution in [0.5, 0.6) is 0 Å². The molecule has 4 fully saturated rings. The minimum absolute atomic E-state index is 0. The maximum atomic E-state index is 13.0. The summed E-state index contributed by atoms with van der Waals surface area (Å²) in [4.78, 5) is 26.0. The number of ether oxygens (including phenoxy) is 5. The zero-order valence-corrected chi connectivity index (χ0v) is 55.5. The second-order valence-corrected chi connectivity index (χ2v) is 26.1. The molecule has 17 unspecified atom stereocenters. The molecule has 0 aromatic rings. The van der Waals surface area contributed by atoms with Crippen molar-refractivity contribution in [3.05, 3.63) is 61.3 Å². The first-order valence-corrected chi connectivity index (χ1v) is 33.5. The normalized spacial score (nSPS) is 29.1. The van der Waals surface area contributed by atoms with Crippen LogP contribution in [-0.4, -0.2) is 187 Å². The summed E-state index contributed by atoms with van der Waals surface area (Å²) in [7, 11) is -5.24. The molecule has 0 bridgehead atoms. The molecule has 4 rings (SSSR count). The summed E-state index contributed by atoms with van der Waals surface area (Å²) in [6.45, 7) is 13.3. The first-order valence-electron chi connectivity index (χ1n) is 32.2. The smallest absolute Gasteiger partial charge is 0.726 e. The second-order valence-electron chi connectivity index (χ2n) is 25.1. The molecule has 20 atom stereocenters. The van der Waals surface area contributed by atoms with Crippen LogP contribution in [0.4, 0.5) is 0 Å². The van der Waals surface area contributed by atoms with Crippen LogP contribution in [0.15, 0.2) is 61.3 Å². The monoisotopic (exact) mass is 1260 g/mol. The average molecular weight is 1270 g/mol. The number of Topliss-reactive ketones (excluding diaryl/α,β-unsaturated/α-hetero) is 2. The van der Waals surface area contributed by atoms with Crippen LogP contribution in [0.25, 0.3) is 0 Å². The maximum absolute atomic E-state index is 13.0. The summed E-state index contributed by atoms with van der Waals surface area (Å²) in [6, 6.07) is 0. The predicted molar refractivity (Wildman–Crippen MR) is 324 cm³/mol. The molecule has 0 spiro atoms. The van der Waals surface area contributed by atoms with Gasteiger partial charge in [0.15, 0.2) is 6.29 Å². The Morgan fingerprint density at radius 1 is 0.655 bits per heavy atom. The fourth-order valence-corrected chi connectivity index (χ4v) is 12.1. The number of carbonyl (C=O) groups is 2. The van der Waals surface area contributed by atoms with Gasteiger partial charge in [-0.3, -0.25) is 13.8 Å². The number of aliphatic hydroxyl groups is 9. The molecule has 87 heavy (non-hydrogen) atoms. The fraction of sp³-hybridized carbons (Fsp3) is 0.815. The summed E-state index contributed by atoms with van der Waals surface area (Å²) >= 11 is 0. The van der Waals surface area contributed by atoms with Crippen molar-refractivity contribution in [1.82, 2.24) is 0 Å². The van der Waals surface area contributed by atoms with Gasteiger partial charge in [-0.2, -0.15) is 0 Å². The second kappa shape index (κ2) is 43.3. The number of aliphatic hydroxyl groups excluding tert-OH is 9.